The van der Waals surface area contributed by atoms with E-state index in [2.05, 4.69) is 9.72 Å². The molecule has 0 spiro atoms. The average molecular weight is 399 g/mol. The van der Waals surface area contributed by atoms with Gasteiger partial charge in [-0.25, -0.2) is 9.78 Å². The van der Waals surface area contributed by atoms with E-state index in [-0.39, 0.29) is 5.97 Å². The molecule has 1 heterocycles. The maximum Gasteiger partial charge on any atom is 0.337 e. The number of thiazole rings is 1. The Morgan fingerprint density at radius 2 is 1.82 bits per heavy atom. The smallest absolute Gasteiger partial charge is 0.337 e. The average Bonchev–Trinajstić information content (AvgIpc) is 3.21. The molecule has 1 aromatic heterocycles. The second kappa shape index (κ2) is 9.23. The summed E-state index contributed by atoms with van der Waals surface area (Å²) in [5, 5.41) is 2.84. The fourth-order valence-electron chi connectivity index (χ4n) is 2.54. The van der Waals surface area contributed by atoms with E-state index in [1.807, 2.05) is 30.5 Å². The van der Waals surface area contributed by atoms with Crippen LogP contribution in [0.5, 0.6) is 17.2 Å². The number of rotatable bonds is 8. The number of aromatic nitrogens is 1. The van der Waals surface area contributed by atoms with Crippen molar-refractivity contribution in [3.8, 4) is 27.8 Å². The van der Waals surface area contributed by atoms with Crippen LogP contribution in [0.3, 0.4) is 0 Å². The van der Waals surface area contributed by atoms with Crippen molar-refractivity contribution in [3.05, 3.63) is 59.1 Å². The predicted molar refractivity (Wildman–Crippen MR) is 107 cm³/mol. The molecule has 7 heteroatoms. The Bertz CT molecular complexity index is 936. The molecule has 0 amide bonds. The minimum absolute atomic E-state index is 0.336. The molecule has 0 radical (unpaired) electrons. The van der Waals surface area contributed by atoms with Crippen LogP contribution < -0.4 is 14.2 Å². The van der Waals surface area contributed by atoms with E-state index in [4.69, 9.17) is 14.2 Å². The van der Waals surface area contributed by atoms with Crippen molar-refractivity contribution in [3.63, 3.8) is 0 Å². The van der Waals surface area contributed by atoms with E-state index in [9.17, 15) is 4.79 Å². The molecular weight excluding hydrogens is 378 g/mol. The van der Waals surface area contributed by atoms with Crippen LogP contribution in [0.1, 0.15) is 23.0 Å². The highest BCUT2D eigenvalue weighted by atomic mass is 32.1. The molecule has 28 heavy (non-hydrogen) atoms. The maximum atomic E-state index is 11.5. The zero-order valence-corrected chi connectivity index (χ0v) is 16.7. The van der Waals surface area contributed by atoms with Gasteiger partial charge < -0.3 is 18.9 Å². The van der Waals surface area contributed by atoms with Gasteiger partial charge in [0.05, 0.1) is 32.1 Å². The Balaban J connectivity index is 1.66. The summed E-state index contributed by atoms with van der Waals surface area (Å²) >= 11 is 1.54. The molecule has 0 bridgehead atoms. The van der Waals surface area contributed by atoms with Crippen LogP contribution in [0.25, 0.3) is 10.6 Å². The molecule has 0 fully saturated rings. The molecule has 2 aromatic carbocycles. The van der Waals surface area contributed by atoms with Gasteiger partial charge in [-0.2, -0.15) is 0 Å². The van der Waals surface area contributed by atoms with E-state index in [0.717, 1.165) is 16.3 Å². The third kappa shape index (κ3) is 4.61. The molecule has 146 valence electrons. The lowest BCUT2D eigenvalue weighted by Crippen LogP contribution is -2.01. The summed E-state index contributed by atoms with van der Waals surface area (Å²) < 4.78 is 21.4. The highest BCUT2D eigenvalue weighted by Crippen LogP contribution is 2.34. The van der Waals surface area contributed by atoms with Crippen LogP contribution in [0, 0.1) is 0 Å². The minimum atomic E-state index is -0.374. The Labute approximate surface area is 167 Å². The number of esters is 1. The first-order valence-corrected chi connectivity index (χ1v) is 9.59. The number of hydrogen-bond acceptors (Lipinski definition) is 7. The van der Waals surface area contributed by atoms with Crippen LogP contribution in [0.4, 0.5) is 0 Å². The van der Waals surface area contributed by atoms with Crippen molar-refractivity contribution in [2.75, 3.05) is 20.8 Å². The van der Waals surface area contributed by atoms with Crippen molar-refractivity contribution >= 4 is 17.3 Å². The van der Waals surface area contributed by atoms with E-state index in [0.29, 0.717) is 36.0 Å². The number of carbonyl (C=O) groups excluding carboxylic acids is 1. The molecule has 0 aliphatic rings. The molecule has 0 saturated heterocycles. The number of nitrogens with zero attached hydrogens (tertiary/aromatic N) is 1. The lowest BCUT2D eigenvalue weighted by atomic mass is 10.2. The monoisotopic (exact) mass is 399 g/mol. The van der Waals surface area contributed by atoms with Crippen molar-refractivity contribution in [1.82, 2.24) is 4.98 Å². The summed E-state index contributed by atoms with van der Waals surface area (Å²) in [5.74, 6) is 1.67. The van der Waals surface area contributed by atoms with Crippen LogP contribution in [0.15, 0.2) is 47.8 Å². The normalized spacial score (nSPS) is 10.4. The van der Waals surface area contributed by atoms with Gasteiger partial charge in [-0.05, 0) is 49.4 Å². The van der Waals surface area contributed by atoms with Gasteiger partial charge in [-0.3, -0.25) is 0 Å². The Hall–Kier alpha value is -3.06. The van der Waals surface area contributed by atoms with Gasteiger partial charge in [0, 0.05) is 10.9 Å². The van der Waals surface area contributed by atoms with Crippen molar-refractivity contribution in [2.45, 2.75) is 13.5 Å². The summed E-state index contributed by atoms with van der Waals surface area (Å²) in [6.07, 6.45) is 0. The molecule has 3 rings (SSSR count). The molecule has 0 aliphatic heterocycles. The molecule has 3 aromatic rings. The first kappa shape index (κ1) is 19.7. The van der Waals surface area contributed by atoms with Crippen molar-refractivity contribution < 1.29 is 23.7 Å². The second-order valence-corrected chi connectivity index (χ2v) is 6.61. The number of methoxy groups -OCH3 is 2. The quantitative estimate of drug-likeness (QED) is 0.517. The van der Waals surface area contributed by atoms with E-state index >= 15 is 0 Å². The lowest BCUT2D eigenvalue weighted by Gasteiger charge is -2.10. The van der Waals surface area contributed by atoms with Gasteiger partial charge >= 0.3 is 5.97 Å². The van der Waals surface area contributed by atoms with Crippen molar-refractivity contribution in [2.24, 2.45) is 0 Å². The topological polar surface area (TPSA) is 66.9 Å². The van der Waals surface area contributed by atoms with E-state index < -0.39 is 0 Å². The molecule has 0 saturated carbocycles. The van der Waals surface area contributed by atoms with E-state index in [1.54, 1.807) is 31.4 Å². The first-order chi connectivity index (χ1) is 13.6. The van der Waals surface area contributed by atoms with Gasteiger partial charge in [-0.15, -0.1) is 11.3 Å². The molecule has 0 unspecified atom stereocenters. The van der Waals surface area contributed by atoms with Crippen LogP contribution >= 0.6 is 11.3 Å². The third-order valence-electron chi connectivity index (χ3n) is 3.92. The highest BCUT2D eigenvalue weighted by molar-refractivity contribution is 7.13. The van der Waals surface area contributed by atoms with Gasteiger partial charge in [-0.1, -0.05) is 0 Å². The SMILES string of the molecule is CCOc1ccc(-c2nc(COc3ccc(C(=O)OC)cc3)cs2)cc1OC. The first-order valence-electron chi connectivity index (χ1n) is 8.71. The summed E-state index contributed by atoms with van der Waals surface area (Å²) in [5.41, 5.74) is 2.26. The van der Waals surface area contributed by atoms with Crippen LogP contribution in [0.2, 0.25) is 0 Å². The Morgan fingerprint density at radius 3 is 2.50 bits per heavy atom. The highest BCUT2D eigenvalue weighted by Gasteiger charge is 2.11. The van der Waals surface area contributed by atoms with Crippen molar-refractivity contribution in [1.29, 1.82) is 0 Å². The number of ether oxygens (including phenoxy) is 4. The van der Waals surface area contributed by atoms with Crippen LogP contribution in [-0.2, 0) is 11.3 Å². The largest absolute Gasteiger partial charge is 0.493 e. The van der Waals surface area contributed by atoms with Crippen LogP contribution in [-0.4, -0.2) is 31.8 Å². The fourth-order valence-corrected chi connectivity index (χ4v) is 3.35. The lowest BCUT2D eigenvalue weighted by molar-refractivity contribution is 0.0600. The van der Waals surface area contributed by atoms with E-state index in [1.165, 1.54) is 18.4 Å². The summed E-state index contributed by atoms with van der Waals surface area (Å²) in [6, 6.07) is 12.6. The molecule has 0 N–H and O–H groups in total. The fraction of sp³-hybridized carbons (Fsp3) is 0.238. The summed E-state index contributed by atoms with van der Waals surface area (Å²) in [7, 11) is 2.97. The molecular formula is C21H21NO5S. The third-order valence-corrected chi connectivity index (χ3v) is 4.86. The standard InChI is InChI=1S/C21H21NO5S/c1-4-26-18-10-7-15(11-19(18)24-2)20-22-16(13-28-20)12-27-17-8-5-14(6-9-17)21(23)25-3/h5-11,13H,4,12H2,1-3H3. The molecule has 6 nitrogen and oxygen atoms in total. The number of benzene rings is 2. The number of hydrogen-bond donors (Lipinski definition) is 0. The maximum absolute atomic E-state index is 11.5. The predicted octanol–water partition coefficient (Wildman–Crippen LogP) is 4.58. The molecule has 0 atom stereocenters. The minimum Gasteiger partial charge on any atom is -0.493 e. The summed E-state index contributed by atoms with van der Waals surface area (Å²) in [6.45, 7) is 2.85. The zero-order chi connectivity index (χ0) is 19.9. The second-order valence-electron chi connectivity index (χ2n) is 5.75. The van der Waals surface area contributed by atoms with Gasteiger partial charge in [0.2, 0.25) is 0 Å². The summed E-state index contributed by atoms with van der Waals surface area (Å²) in [4.78, 5) is 16.1. The Morgan fingerprint density at radius 1 is 1.04 bits per heavy atom. The molecule has 0 aliphatic carbocycles. The Kier molecular flexibility index (Phi) is 6.49. The van der Waals surface area contributed by atoms with Gasteiger partial charge in [0.15, 0.2) is 11.5 Å². The number of carbonyl (C=O) groups is 1. The van der Waals surface area contributed by atoms with Gasteiger partial charge in [0.25, 0.3) is 0 Å². The zero-order valence-electron chi connectivity index (χ0n) is 15.9. The van der Waals surface area contributed by atoms with Gasteiger partial charge in [0.1, 0.15) is 17.4 Å².